The Balaban J connectivity index is 2.21. The van der Waals surface area contributed by atoms with E-state index >= 15 is 0 Å². The van der Waals surface area contributed by atoms with Crippen molar-refractivity contribution in [1.82, 2.24) is 0 Å². The van der Waals surface area contributed by atoms with Gasteiger partial charge in [0.05, 0.1) is 16.0 Å². The van der Waals surface area contributed by atoms with Gasteiger partial charge in [-0.3, -0.25) is 10.1 Å². The Morgan fingerprint density at radius 2 is 2.05 bits per heavy atom. The maximum absolute atomic E-state index is 11.3. The van der Waals surface area contributed by atoms with Crippen molar-refractivity contribution in [3.05, 3.63) is 26.7 Å². The highest BCUT2D eigenvalue weighted by Gasteiger charge is 2.24. The SMILES string of the molecule is CCCCCOc1cc(N2CCCC2)c([N+](=O)[O-])cc1Br. The van der Waals surface area contributed by atoms with Gasteiger partial charge in [-0.1, -0.05) is 19.8 Å². The summed E-state index contributed by atoms with van der Waals surface area (Å²) in [5.41, 5.74) is 0.816. The molecule has 0 aliphatic carbocycles. The molecule has 0 amide bonds. The van der Waals surface area contributed by atoms with Crippen molar-refractivity contribution in [2.45, 2.75) is 39.0 Å². The first-order valence-electron chi connectivity index (χ1n) is 7.49. The number of anilines is 1. The summed E-state index contributed by atoms with van der Waals surface area (Å²) in [6.07, 6.45) is 5.44. The van der Waals surface area contributed by atoms with E-state index < -0.39 is 0 Å². The Morgan fingerprint density at radius 3 is 2.67 bits per heavy atom. The van der Waals surface area contributed by atoms with Gasteiger partial charge >= 0.3 is 0 Å². The first kappa shape index (κ1) is 16.1. The first-order valence-corrected chi connectivity index (χ1v) is 8.28. The van der Waals surface area contributed by atoms with Crippen molar-refractivity contribution in [2.24, 2.45) is 0 Å². The maximum atomic E-state index is 11.3. The monoisotopic (exact) mass is 356 g/mol. The van der Waals surface area contributed by atoms with E-state index in [0.717, 1.165) is 45.2 Å². The molecule has 0 N–H and O–H groups in total. The summed E-state index contributed by atoms with van der Waals surface area (Å²) < 4.78 is 6.42. The minimum Gasteiger partial charge on any atom is -0.492 e. The van der Waals surface area contributed by atoms with E-state index in [1.807, 2.05) is 0 Å². The van der Waals surface area contributed by atoms with Crippen LogP contribution in [0.2, 0.25) is 0 Å². The summed E-state index contributed by atoms with van der Waals surface area (Å²) >= 11 is 3.38. The Hall–Kier alpha value is -1.30. The van der Waals surface area contributed by atoms with E-state index in [4.69, 9.17) is 4.74 Å². The second kappa shape index (κ2) is 7.64. The Morgan fingerprint density at radius 1 is 1.33 bits per heavy atom. The Kier molecular flexibility index (Phi) is 5.85. The number of halogens is 1. The van der Waals surface area contributed by atoms with Crippen molar-refractivity contribution in [3.8, 4) is 5.75 Å². The molecule has 1 aliphatic heterocycles. The van der Waals surface area contributed by atoms with Gasteiger partial charge in [0, 0.05) is 25.2 Å². The zero-order valence-corrected chi connectivity index (χ0v) is 13.9. The Labute approximate surface area is 133 Å². The van der Waals surface area contributed by atoms with E-state index in [9.17, 15) is 10.1 Å². The van der Waals surface area contributed by atoms with Crippen LogP contribution < -0.4 is 9.64 Å². The molecule has 21 heavy (non-hydrogen) atoms. The molecule has 1 fully saturated rings. The van der Waals surface area contributed by atoms with Crippen LogP contribution in [0, 0.1) is 10.1 Å². The fourth-order valence-electron chi connectivity index (χ4n) is 2.53. The summed E-state index contributed by atoms with van der Waals surface area (Å²) in [4.78, 5) is 13.0. The molecule has 0 unspecified atom stereocenters. The van der Waals surface area contributed by atoms with Crippen LogP contribution >= 0.6 is 15.9 Å². The highest BCUT2D eigenvalue weighted by Crippen LogP contribution is 2.39. The van der Waals surface area contributed by atoms with E-state index in [0.29, 0.717) is 22.5 Å². The minimum atomic E-state index is -0.320. The van der Waals surface area contributed by atoms with Crippen molar-refractivity contribution in [1.29, 1.82) is 0 Å². The minimum absolute atomic E-state index is 0.143. The van der Waals surface area contributed by atoms with Crippen molar-refractivity contribution in [3.63, 3.8) is 0 Å². The molecule has 5 nitrogen and oxygen atoms in total. The molecule has 116 valence electrons. The predicted octanol–water partition coefficient (Wildman–Crippen LogP) is 4.53. The van der Waals surface area contributed by atoms with Gasteiger partial charge in [0.15, 0.2) is 0 Å². The molecule has 2 rings (SSSR count). The molecular weight excluding hydrogens is 336 g/mol. The number of nitro benzene ring substituents is 1. The van der Waals surface area contributed by atoms with E-state index in [1.165, 1.54) is 0 Å². The number of hydrogen-bond acceptors (Lipinski definition) is 4. The van der Waals surface area contributed by atoms with E-state index in [1.54, 1.807) is 12.1 Å². The van der Waals surface area contributed by atoms with Crippen LogP contribution in [0.25, 0.3) is 0 Å². The third-order valence-corrected chi connectivity index (χ3v) is 4.30. The summed E-state index contributed by atoms with van der Waals surface area (Å²) in [6.45, 7) is 4.53. The maximum Gasteiger partial charge on any atom is 0.293 e. The van der Waals surface area contributed by atoms with E-state index in [-0.39, 0.29) is 10.6 Å². The van der Waals surface area contributed by atoms with Crippen LogP contribution in [0.4, 0.5) is 11.4 Å². The fourth-order valence-corrected chi connectivity index (χ4v) is 2.98. The standard InChI is InChI=1S/C15H21BrN2O3/c1-2-3-6-9-21-15-11-13(17-7-4-5-8-17)14(18(19)20)10-12(15)16/h10-11H,2-9H2,1H3. The van der Waals surface area contributed by atoms with Gasteiger partial charge in [-0.2, -0.15) is 0 Å². The second-order valence-electron chi connectivity index (χ2n) is 5.28. The summed E-state index contributed by atoms with van der Waals surface area (Å²) in [5, 5.41) is 11.3. The molecule has 1 aliphatic rings. The topological polar surface area (TPSA) is 55.6 Å². The van der Waals surface area contributed by atoms with Crippen LogP contribution in [0.3, 0.4) is 0 Å². The molecule has 1 heterocycles. The predicted molar refractivity (Wildman–Crippen MR) is 87.3 cm³/mol. The van der Waals surface area contributed by atoms with Gasteiger partial charge in [0.1, 0.15) is 11.4 Å². The fraction of sp³-hybridized carbons (Fsp3) is 0.600. The number of nitrogens with zero attached hydrogens (tertiary/aromatic N) is 2. The summed E-state index contributed by atoms with van der Waals surface area (Å²) in [5.74, 6) is 0.693. The smallest absolute Gasteiger partial charge is 0.293 e. The molecule has 0 spiro atoms. The normalized spacial score (nSPS) is 14.5. The van der Waals surface area contributed by atoms with Crippen LogP contribution in [-0.4, -0.2) is 24.6 Å². The van der Waals surface area contributed by atoms with Gasteiger partial charge in [-0.15, -0.1) is 0 Å². The molecule has 0 radical (unpaired) electrons. The van der Waals surface area contributed by atoms with Gasteiger partial charge in [0.2, 0.25) is 0 Å². The largest absolute Gasteiger partial charge is 0.492 e. The lowest BCUT2D eigenvalue weighted by Gasteiger charge is -2.19. The van der Waals surface area contributed by atoms with Crippen LogP contribution in [0.5, 0.6) is 5.75 Å². The lowest BCUT2D eigenvalue weighted by Crippen LogP contribution is -2.19. The van der Waals surface area contributed by atoms with Crippen LogP contribution in [-0.2, 0) is 0 Å². The highest BCUT2D eigenvalue weighted by atomic mass is 79.9. The quantitative estimate of drug-likeness (QED) is 0.409. The highest BCUT2D eigenvalue weighted by molar-refractivity contribution is 9.10. The van der Waals surface area contributed by atoms with E-state index in [2.05, 4.69) is 27.8 Å². The third kappa shape index (κ3) is 4.09. The van der Waals surface area contributed by atoms with Gasteiger partial charge in [-0.25, -0.2) is 0 Å². The zero-order valence-electron chi connectivity index (χ0n) is 12.3. The molecule has 0 saturated carbocycles. The summed E-state index contributed by atoms with van der Waals surface area (Å²) in [6, 6.07) is 3.36. The van der Waals surface area contributed by atoms with Crippen molar-refractivity contribution in [2.75, 3.05) is 24.6 Å². The van der Waals surface area contributed by atoms with Crippen LogP contribution in [0.15, 0.2) is 16.6 Å². The molecule has 0 atom stereocenters. The number of hydrogen-bond donors (Lipinski definition) is 0. The molecule has 0 bridgehead atoms. The summed E-state index contributed by atoms with van der Waals surface area (Å²) in [7, 11) is 0. The molecular formula is C15H21BrN2O3. The lowest BCUT2D eigenvalue weighted by atomic mass is 10.2. The number of rotatable bonds is 7. The second-order valence-corrected chi connectivity index (χ2v) is 6.13. The van der Waals surface area contributed by atoms with Crippen molar-refractivity contribution >= 4 is 27.3 Å². The number of unbranched alkanes of at least 4 members (excludes halogenated alkanes) is 2. The molecule has 1 aromatic carbocycles. The van der Waals surface area contributed by atoms with Gasteiger partial charge < -0.3 is 9.64 Å². The van der Waals surface area contributed by atoms with Crippen LogP contribution in [0.1, 0.15) is 39.0 Å². The molecule has 1 aromatic rings. The zero-order chi connectivity index (χ0) is 15.2. The Bertz CT molecular complexity index is 502. The first-order chi connectivity index (χ1) is 10.1. The lowest BCUT2D eigenvalue weighted by molar-refractivity contribution is -0.384. The van der Waals surface area contributed by atoms with Crippen molar-refractivity contribution < 1.29 is 9.66 Å². The number of benzene rings is 1. The van der Waals surface area contributed by atoms with Gasteiger partial charge in [-0.05, 0) is 35.2 Å². The van der Waals surface area contributed by atoms with Gasteiger partial charge in [0.25, 0.3) is 5.69 Å². The third-order valence-electron chi connectivity index (χ3n) is 3.68. The average Bonchev–Trinajstić information content (AvgIpc) is 2.98. The molecule has 1 saturated heterocycles. The number of ether oxygens (including phenoxy) is 1. The molecule has 6 heteroatoms. The number of nitro groups is 1. The molecule has 0 aromatic heterocycles. The average molecular weight is 357 g/mol.